The van der Waals surface area contributed by atoms with Crippen LogP contribution >= 0.6 is 0 Å². The second-order valence-electron chi connectivity index (χ2n) is 4.72. The van der Waals surface area contributed by atoms with Gasteiger partial charge >= 0.3 is 6.18 Å². The predicted octanol–water partition coefficient (Wildman–Crippen LogP) is 0.758. The summed E-state index contributed by atoms with van der Waals surface area (Å²) >= 11 is 0. The molecule has 0 saturated carbocycles. The van der Waals surface area contributed by atoms with Crippen molar-refractivity contribution in [1.29, 1.82) is 0 Å². The molecule has 1 rings (SSSR count). The zero-order valence-corrected chi connectivity index (χ0v) is 10.3. The molecule has 1 fully saturated rings. The summed E-state index contributed by atoms with van der Waals surface area (Å²) in [7, 11) is 0. The van der Waals surface area contributed by atoms with Crippen LogP contribution in [0.4, 0.5) is 13.2 Å². The van der Waals surface area contributed by atoms with Crippen LogP contribution in [-0.4, -0.2) is 54.4 Å². The van der Waals surface area contributed by atoms with Gasteiger partial charge in [0.05, 0.1) is 6.61 Å². The smallest absolute Gasteiger partial charge is 0.389 e. The third-order valence-corrected chi connectivity index (χ3v) is 3.05. The number of aliphatic hydroxyl groups is 1. The Morgan fingerprint density at radius 3 is 2.61 bits per heavy atom. The molecule has 7 heteroatoms. The van der Waals surface area contributed by atoms with E-state index < -0.39 is 18.5 Å². The highest BCUT2D eigenvalue weighted by Gasteiger charge is 2.37. The van der Waals surface area contributed by atoms with Crippen molar-refractivity contribution >= 4 is 5.91 Å². The van der Waals surface area contributed by atoms with E-state index in [-0.39, 0.29) is 25.1 Å². The molecule has 0 aromatic carbocycles. The van der Waals surface area contributed by atoms with Crippen molar-refractivity contribution in [3.05, 3.63) is 0 Å². The van der Waals surface area contributed by atoms with Crippen LogP contribution in [0, 0.1) is 5.92 Å². The average molecular weight is 268 g/mol. The lowest BCUT2D eigenvalue weighted by Crippen LogP contribution is -2.51. The fourth-order valence-electron chi connectivity index (χ4n) is 2.35. The highest BCUT2D eigenvalue weighted by atomic mass is 19.4. The number of piperidine rings is 1. The first-order valence-corrected chi connectivity index (χ1v) is 5.98. The predicted molar refractivity (Wildman–Crippen MR) is 59.9 cm³/mol. The van der Waals surface area contributed by atoms with E-state index in [9.17, 15) is 18.0 Å². The van der Waals surface area contributed by atoms with Crippen LogP contribution in [0.15, 0.2) is 0 Å². The van der Waals surface area contributed by atoms with Crippen LogP contribution in [0.2, 0.25) is 0 Å². The maximum Gasteiger partial charge on any atom is 0.389 e. The number of hydrogen-bond donors (Lipinski definition) is 2. The third-order valence-electron chi connectivity index (χ3n) is 3.05. The highest BCUT2D eigenvalue weighted by Crippen LogP contribution is 2.30. The molecular formula is C11H19F3N2O2. The number of amides is 1. The van der Waals surface area contributed by atoms with Crippen LogP contribution in [-0.2, 0) is 4.79 Å². The van der Waals surface area contributed by atoms with Crippen LogP contribution in [0.1, 0.15) is 19.8 Å². The van der Waals surface area contributed by atoms with Gasteiger partial charge in [-0.05, 0) is 12.3 Å². The molecule has 1 aliphatic rings. The quantitative estimate of drug-likeness (QED) is 0.791. The number of likely N-dealkylation sites (tertiary alicyclic amines) is 1. The molecule has 1 saturated heterocycles. The van der Waals surface area contributed by atoms with Crippen molar-refractivity contribution in [2.24, 2.45) is 5.92 Å². The van der Waals surface area contributed by atoms with Gasteiger partial charge in [-0.3, -0.25) is 4.79 Å². The Hall–Kier alpha value is -0.820. The number of hydrogen-bond acceptors (Lipinski definition) is 3. The molecule has 0 bridgehead atoms. The van der Waals surface area contributed by atoms with Crippen molar-refractivity contribution < 1.29 is 23.1 Å². The Bertz CT molecular complexity index is 284. The van der Waals surface area contributed by atoms with Gasteiger partial charge in [0.25, 0.3) is 0 Å². The molecule has 0 spiro atoms. The largest absolute Gasteiger partial charge is 0.395 e. The first-order chi connectivity index (χ1) is 8.31. The van der Waals surface area contributed by atoms with E-state index in [1.807, 2.05) is 0 Å². The Balaban J connectivity index is 2.59. The number of alkyl halides is 3. The molecule has 0 radical (unpaired) electrons. The molecule has 18 heavy (non-hydrogen) atoms. The second kappa shape index (κ2) is 6.38. The van der Waals surface area contributed by atoms with Gasteiger partial charge in [0.2, 0.25) is 5.91 Å². The molecule has 1 amide bonds. The van der Waals surface area contributed by atoms with Crippen molar-refractivity contribution in [3.63, 3.8) is 0 Å². The van der Waals surface area contributed by atoms with Crippen LogP contribution in [0.25, 0.3) is 0 Å². The molecule has 2 atom stereocenters. The number of carbonyl (C=O) groups is 1. The fraction of sp³-hybridized carbons (Fsp3) is 0.909. The van der Waals surface area contributed by atoms with E-state index >= 15 is 0 Å². The van der Waals surface area contributed by atoms with Crippen molar-refractivity contribution in [3.8, 4) is 0 Å². The van der Waals surface area contributed by atoms with Crippen molar-refractivity contribution in [2.75, 3.05) is 26.2 Å². The van der Waals surface area contributed by atoms with E-state index in [4.69, 9.17) is 5.11 Å². The van der Waals surface area contributed by atoms with Gasteiger partial charge in [-0.25, -0.2) is 0 Å². The molecule has 0 aromatic rings. The van der Waals surface area contributed by atoms with E-state index in [1.54, 1.807) is 0 Å². The third kappa shape index (κ3) is 5.22. The highest BCUT2D eigenvalue weighted by molar-refractivity contribution is 5.73. The maximum atomic E-state index is 12.4. The van der Waals surface area contributed by atoms with E-state index in [0.717, 1.165) is 0 Å². The molecule has 0 aliphatic carbocycles. The van der Waals surface area contributed by atoms with E-state index in [2.05, 4.69) is 5.32 Å². The SMILES string of the molecule is CC(=O)N1CC(CC(F)(F)F)CC(NCCO)C1. The summed E-state index contributed by atoms with van der Waals surface area (Å²) in [6.07, 6.45) is -4.69. The lowest BCUT2D eigenvalue weighted by atomic mass is 9.91. The van der Waals surface area contributed by atoms with Crippen LogP contribution in [0.5, 0.6) is 0 Å². The van der Waals surface area contributed by atoms with Crippen molar-refractivity contribution in [2.45, 2.75) is 32.0 Å². The van der Waals surface area contributed by atoms with Gasteiger partial charge in [-0.15, -0.1) is 0 Å². The number of nitrogens with one attached hydrogen (secondary N) is 1. The van der Waals surface area contributed by atoms with Crippen LogP contribution in [0.3, 0.4) is 0 Å². The van der Waals surface area contributed by atoms with Crippen molar-refractivity contribution in [1.82, 2.24) is 10.2 Å². The van der Waals surface area contributed by atoms with Gasteiger partial charge in [-0.1, -0.05) is 0 Å². The van der Waals surface area contributed by atoms with Gasteiger partial charge < -0.3 is 15.3 Å². The minimum Gasteiger partial charge on any atom is -0.395 e. The number of aliphatic hydroxyl groups excluding tert-OH is 1. The van der Waals surface area contributed by atoms with Gasteiger partial charge in [0.15, 0.2) is 0 Å². The molecule has 4 nitrogen and oxygen atoms in total. The lowest BCUT2D eigenvalue weighted by molar-refractivity contribution is -0.152. The fourth-order valence-corrected chi connectivity index (χ4v) is 2.35. The monoisotopic (exact) mass is 268 g/mol. The molecular weight excluding hydrogens is 249 g/mol. The number of nitrogens with zero attached hydrogens (tertiary/aromatic N) is 1. The van der Waals surface area contributed by atoms with E-state index in [0.29, 0.717) is 19.5 Å². The summed E-state index contributed by atoms with van der Waals surface area (Å²) in [5, 5.41) is 11.7. The van der Waals surface area contributed by atoms with Gasteiger partial charge in [0.1, 0.15) is 0 Å². The molecule has 2 N–H and O–H groups in total. The number of rotatable bonds is 4. The molecule has 106 valence electrons. The number of halogens is 3. The zero-order valence-electron chi connectivity index (χ0n) is 10.3. The van der Waals surface area contributed by atoms with Gasteiger partial charge in [0, 0.05) is 39.0 Å². The molecule has 1 heterocycles. The Labute approximate surface area is 104 Å². The summed E-state index contributed by atoms with van der Waals surface area (Å²) in [6, 6.07) is -0.179. The molecule has 1 aliphatic heterocycles. The standard InChI is InChI=1S/C11H19F3N2O2/c1-8(18)16-6-9(5-11(12,13)14)4-10(7-16)15-2-3-17/h9-10,15,17H,2-7H2,1H3. The Morgan fingerprint density at radius 2 is 2.11 bits per heavy atom. The van der Waals surface area contributed by atoms with E-state index in [1.165, 1.54) is 11.8 Å². The summed E-state index contributed by atoms with van der Waals surface area (Å²) in [6.45, 7) is 2.19. The first-order valence-electron chi connectivity index (χ1n) is 5.98. The molecule has 0 aromatic heterocycles. The van der Waals surface area contributed by atoms with Crippen LogP contribution < -0.4 is 5.32 Å². The normalized spacial score (nSPS) is 25.3. The summed E-state index contributed by atoms with van der Waals surface area (Å²) in [5.74, 6) is -0.781. The minimum atomic E-state index is -4.20. The number of carbonyl (C=O) groups excluding carboxylic acids is 1. The van der Waals surface area contributed by atoms with Gasteiger partial charge in [-0.2, -0.15) is 13.2 Å². The summed E-state index contributed by atoms with van der Waals surface area (Å²) < 4.78 is 37.2. The first kappa shape index (κ1) is 15.2. The topological polar surface area (TPSA) is 52.6 Å². The summed E-state index contributed by atoms with van der Waals surface area (Å²) in [4.78, 5) is 12.7. The summed E-state index contributed by atoms with van der Waals surface area (Å²) in [5.41, 5.74) is 0. The zero-order chi connectivity index (χ0) is 13.8. The Morgan fingerprint density at radius 1 is 1.44 bits per heavy atom. The lowest BCUT2D eigenvalue weighted by Gasteiger charge is -2.38. The maximum absolute atomic E-state index is 12.4. The Kier molecular flexibility index (Phi) is 5.40. The minimum absolute atomic E-state index is 0.0689. The average Bonchev–Trinajstić information content (AvgIpc) is 2.23. The second-order valence-corrected chi connectivity index (χ2v) is 4.72. The molecule has 2 unspecified atom stereocenters.